The fourth-order valence-corrected chi connectivity index (χ4v) is 2.54. The zero-order chi connectivity index (χ0) is 19.6. The van der Waals surface area contributed by atoms with Crippen molar-refractivity contribution in [2.75, 3.05) is 20.8 Å². The minimum absolute atomic E-state index is 0.209. The largest absolute Gasteiger partial charge is 0.503 e. The van der Waals surface area contributed by atoms with Crippen molar-refractivity contribution in [2.45, 2.75) is 6.61 Å². The Morgan fingerprint density at radius 1 is 1.07 bits per heavy atom. The van der Waals surface area contributed by atoms with Crippen molar-refractivity contribution in [1.82, 2.24) is 0 Å². The van der Waals surface area contributed by atoms with Gasteiger partial charge in [-0.2, -0.15) is 0 Å². The summed E-state index contributed by atoms with van der Waals surface area (Å²) in [6.07, 6.45) is 3.02. The normalized spacial score (nSPS) is 10.9. The molecule has 0 aliphatic rings. The maximum Gasteiger partial charge on any atom is 0.341 e. The van der Waals surface area contributed by atoms with Crippen molar-refractivity contribution in [3.8, 4) is 11.5 Å². The van der Waals surface area contributed by atoms with Crippen LogP contribution < -0.4 is 9.47 Å². The van der Waals surface area contributed by atoms with Crippen LogP contribution in [0.3, 0.4) is 0 Å². The SMILES string of the molecule is C=CCOc1ccc(OCc2cc(Cl)ccc2/C(=C\OC)C(=O)OC)cc1. The molecule has 0 aliphatic carbocycles. The fraction of sp³-hybridized carbons (Fsp3) is 0.190. The monoisotopic (exact) mass is 388 g/mol. The van der Waals surface area contributed by atoms with Gasteiger partial charge in [0.2, 0.25) is 0 Å². The Hall–Kier alpha value is -2.92. The van der Waals surface area contributed by atoms with Crippen molar-refractivity contribution in [2.24, 2.45) is 0 Å². The number of halogens is 1. The van der Waals surface area contributed by atoms with E-state index in [2.05, 4.69) is 6.58 Å². The highest BCUT2D eigenvalue weighted by atomic mass is 35.5. The summed E-state index contributed by atoms with van der Waals surface area (Å²) in [5.74, 6) is 0.869. The lowest BCUT2D eigenvalue weighted by molar-refractivity contribution is -0.133. The van der Waals surface area contributed by atoms with Crippen molar-refractivity contribution < 1.29 is 23.7 Å². The third-order valence-electron chi connectivity index (χ3n) is 3.58. The quantitative estimate of drug-likeness (QED) is 0.271. The first-order valence-corrected chi connectivity index (χ1v) is 8.53. The molecule has 0 radical (unpaired) electrons. The molecule has 0 saturated heterocycles. The van der Waals surface area contributed by atoms with Gasteiger partial charge in [-0.1, -0.05) is 30.3 Å². The van der Waals surface area contributed by atoms with Crippen LogP contribution in [0.1, 0.15) is 11.1 Å². The van der Waals surface area contributed by atoms with Crippen LogP contribution in [0, 0.1) is 0 Å². The first-order valence-electron chi connectivity index (χ1n) is 8.15. The molecule has 0 unspecified atom stereocenters. The van der Waals surface area contributed by atoms with E-state index in [9.17, 15) is 4.79 Å². The minimum Gasteiger partial charge on any atom is -0.503 e. The van der Waals surface area contributed by atoms with Crippen LogP contribution in [0.25, 0.3) is 5.57 Å². The third kappa shape index (κ3) is 5.79. The van der Waals surface area contributed by atoms with E-state index in [-0.39, 0.29) is 12.2 Å². The van der Waals surface area contributed by atoms with Crippen LogP contribution in [0.5, 0.6) is 11.5 Å². The Bertz CT molecular complexity index is 812. The maximum atomic E-state index is 12.1. The molecule has 5 nitrogen and oxygen atoms in total. The molecule has 0 N–H and O–H groups in total. The summed E-state index contributed by atoms with van der Waals surface area (Å²) in [5, 5.41) is 0.534. The number of hydrogen-bond donors (Lipinski definition) is 0. The first-order chi connectivity index (χ1) is 13.1. The number of carbonyl (C=O) groups excluding carboxylic acids is 1. The molecular weight excluding hydrogens is 368 g/mol. The Kier molecular flexibility index (Phi) is 7.77. The molecule has 2 rings (SSSR count). The van der Waals surface area contributed by atoms with E-state index in [0.29, 0.717) is 22.9 Å². The Balaban J connectivity index is 2.20. The van der Waals surface area contributed by atoms with Gasteiger partial charge in [-0.05, 0) is 47.5 Å². The summed E-state index contributed by atoms with van der Waals surface area (Å²) >= 11 is 6.12. The van der Waals surface area contributed by atoms with Gasteiger partial charge in [-0.25, -0.2) is 4.79 Å². The number of hydrogen-bond acceptors (Lipinski definition) is 5. The molecule has 142 valence electrons. The van der Waals surface area contributed by atoms with Crippen molar-refractivity contribution in [1.29, 1.82) is 0 Å². The lowest BCUT2D eigenvalue weighted by Crippen LogP contribution is -2.08. The predicted octanol–water partition coefficient (Wildman–Crippen LogP) is 4.64. The fourth-order valence-electron chi connectivity index (χ4n) is 2.34. The molecule has 0 aromatic heterocycles. The highest BCUT2D eigenvalue weighted by Crippen LogP contribution is 2.26. The van der Waals surface area contributed by atoms with E-state index in [1.165, 1.54) is 20.5 Å². The molecule has 0 bridgehead atoms. The lowest BCUT2D eigenvalue weighted by atomic mass is 10.0. The van der Waals surface area contributed by atoms with Gasteiger partial charge >= 0.3 is 5.97 Å². The van der Waals surface area contributed by atoms with Crippen LogP contribution >= 0.6 is 11.6 Å². The van der Waals surface area contributed by atoms with E-state index in [0.717, 1.165) is 11.3 Å². The summed E-state index contributed by atoms with van der Waals surface area (Å²) in [7, 11) is 2.78. The smallest absolute Gasteiger partial charge is 0.341 e. The van der Waals surface area contributed by atoms with E-state index in [1.807, 2.05) is 12.1 Å². The van der Waals surface area contributed by atoms with Crippen LogP contribution in [0.2, 0.25) is 5.02 Å². The highest BCUT2D eigenvalue weighted by Gasteiger charge is 2.17. The Morgan fingerprint density at radius 3 is 2.33 bits per heavy atom. The molecule has 0 heterocycles. The van der Waals surface area contributed by atoms with E-state index < -0.39 is 5.97 Å². The lowest BCUT2D eigenvalue weighted by Gasteiger charge is -2.13. The van der Waals surface area contributed by atoms with Gasteiger partial charge in [-0.15, -0.1) is 0 Å². The molecular formula is C21H21ClO5. The first kappa shape index (κ1) is 20.4. The van der Waals surface area contributed by atoms with Gasteiger partial charge < -0.3 is 18.9 Å². The van der Waals surface area contributed by atoms with Crippen molar-refractivity contribution >= 4 is 23.1 Å². The summed E-state index contributed by atoms with van der Waals surface area (Å²) in [4.78, 5) is 12.1. The van der Waals surface area contributed by atoms with Gasteiger partial charge in [0.05, 0.1) is 20.5 Å². The minimum atomic E-state index is -0.510. The number of carbonyl (C=O) groups is 1. The molecule has 2 aromatic rings. The van der Waals surface area contributed by atoms with E-state index >= 15 is 0 Å². The molecule has 0 saturated carbocycles. The number of rotatable bonds is 9. The van der Waals surface area contributed by atoms with Gasteiger partial charge in [0.1, 0.15) is 30.3 Å². The number of ether oxygens (including phenoxy) is 4. The highest BCUT2D eigenvalue weighted by molar-refractivity contribution is 6.30. The summed E-state index contributed by atoms with van der Waals surface area (Å²) in [6, 6.07) is 12.4. The van der Waals surface area contributed by atoms with Crippen LogP contribution in [-0.4, -0.2) is 26.8 Å². The van der Waals surface area contributed by atoms with E-state index in [1.54, 1.807) is 36.4 Å². The standard InChI is InChI=1S/C21H21ClO5/c1-4-11-26-17-6-8-18(9-7-17)27-13-15-12-16(22)5-10-19(15)20(14-24-2)21(23)25-3/h4-10,12,14H,1,11,13H2,2-3H3/b20-14+. The molecule has 0 aliphatic heterocycles. The number of methoxy groups -OCH3 is 2. The predicted molar refractivity (Wildman–Crippen MR) is 105 cm³/mol. The van der Waals surface area contributed by atoms with Gasteiger partial charge in [0.25, 0.3) is 0 Å². The maximum absolute atomic E-state index is 12.1. The van der Waals surface area contributed by atoms with Crippen molar-refractivity contribution in [3.63, 3.8) is 0 Å². The zero-order valence-electron chi connectivity index (χ0n) is 15.2. The summed E-state index contributed by atoms with van der Waals surface area (Å²) in [6.45, 7) is 4.26. The van der Waals surface area contributed by atoms with Crippen molar-refractivity contribution in [3.05, 3.63) is 77.5 Å². The molecule has 0 atom stereocenters. The Labute approximate surface area is 163 Å². The Morgan fingerprint density at radius 2 is 1.74 bits per heavy atom. The molecule has 2 aromatic carbocycles. The summed E-state index contributed by atoms with van der Waals surface area (Å²) in [5.41, 5.74) is 1.63. The average molecular weight is 389 g/mol. The number of esters is 1. The molecule has 0 spiro atoms. The number of benzene rings is 2. The van der Waals surface area contributed by atoms with Crippen LogP contribution in [0.4, 0.5) is 0 Å². The van der Waals surface area contributed by atoms with Gasteiger partial charge in [0.15, 0.2) is 0 Å². The van der Waals surface area contributed by atoms with Crippen LogP contribution in [-0.2, 0) is 20.9 Å². The second-order valence-corrected chi connectivity index (χ2v) is 5.86. The van der Waals surface area contributed by atoms with Gasteiger partial charge in [0, 0.05) is 5.02 Å². The molecule has 6 heteroatoms. The zero-order valence-corrected chi connectivity index (χ0v) is 16.0. The molecule has 0 fully saturated rings. The second-order valence-electron chi connectivity index (χ2n) is 5.42. The molecule has 0 amide bonds. The van der Waals surface area contributed by atoms with Gasteiger partial charge in [-0.3, -0.25) is 0 Å². The average Bonchev–Trinajstić information content (AvgIpc) is 2.69. The molecule has 27 heavy (non-hydrogen) atoms. The van der Waals surface area contributed by atoms with E-state index in [4.69, 9.17) is 30.5 Å². The summed E-state index contributed by atoms with van der Waals surface area (Å²) < 4.78 is 21.1. The third-order valence-corrected chi connectivity index (χ3v) is 3.82. The topological polar surface area (TPSA) is 54.0 Å². The second kappa shape index (κ2) is 10.3. The van der Waals surface area contributed by atoms with Crippen LogP contribution in [0.15, 0.2) is 61.4 Å².